The Morgan fingerprint density at radius 1 is 0.226 bits per heavy atom. The van der Waals surface area contributed by atoms with Gasteiger partial charge in [-0.3, -0.25) is 13.7 Å². The quantitative estimate of drug-likeness (QED) is 0.158. The Hall–Kier alpha value is -15.7. The Morgan fingerprint density at radius 2 is 0.579 bits per heavy atom. The fourth-order valence-corrected chi connectivity index (χ4v) is 26.7. The van der Waals surface area contributed by atoms with E-state index < -0.39 is 0 Å². The Bertz CT molecular complexity index is 8940. The molecule has 0 saturated heterocycles. The number of hydrogen-bond acceptors (Lipinski definition) is 9. The van der Waals surface area contributed by atoms with Crippen LogP contribution in [0.3, 0.4) is 0 Å². The third-order valence-electron chi connectivity index (χ3n) is 28.6. The molecule has 0 atom stereocenters. The minimum absolute atomic E-state index is 0.146. The maximum atomic E-state index is 5.26. The minimum Gasteiger partial charge on any atom is -0.293 e. The molecule has 26 aromatic rings. The third kappa shape index (κ3) is 11.6. The molecule has 0 bridgehead atoms. The Kier molecular flexibility index (Phi) is 16.9. The van der Waals surface area contributed by atoms with Crippen LogP contribution in [0.15, 0.2) is 382 Å². The molecule has 628 valence electrons. The summed E-state index contributed by atoms with van der Waals surface area (Å²) >= 11 is 5.77. The standard InChI is InChI=1S/C43H29N3S.C42H28N4S.C36H24N2S/c1-43(2)34-23-33-28-17-9-11-19-37(28)46(42-44-35(26-13-5-3-6-14-26)25-36(45-42)27-15-7-4-8-16-27)38(33)24-32(34)30-21-22-31-29-18-10-12-20-39(29)47-41(31)40(30)43;1-42(2)33-23-32-27-17-9-11-19-34(27)46(41-44-39(25-13-5-3-6-14-25)43-40(45-41)26-15-7-4-8-16-26)35(32)24-31(33)29-21-22-30-28-18-10-12-20-36(28)47-38(30)37(29)42;1-36(2)32-24(25-17-19-27-23-11-5-8-14-30(23)39-35(27)33(25)36)16-18-26-22-10-4-7-13-29(22)38(34(26)32)31-20-15-21-9-3-6-12-28(21)37-31/h3-25H,1-2H3;3-24H,1-2H3;3-20H,1-2H3. The number of para-hydroxylation sites is 4. The molecule has 12 heteroatoms. The normalized spacial score (nSPS) is 13.7. The van der Waals surface area contributed by atoms with Gasteiger partial charge in [-0.25, -0.2) is 19.9 Å². The summed E-state index contributed by atoms with van der Waals surface area (Å²) in [6.07, 6.45) is 0. The smallest absolute Gasteiger partial charge is 0.238 e. The summed E-state index contributed by atoms with van der Waals surface area (Å²) < 4.78 is 15.1. The van der Waals surface area contributed by atoms with Crippen molar-refractivity contribution in [3.63, 3.8) is 0 Å². The van der Waals surface area contributed by atoms with Gasteiger partial charge in [-0.05, 0) is 152 Å². The number of fused-ring (bicyclic) bond motifs is 32. The van der Waals surface area contributed by atoms with Crippen LogP contribution in [0.1, 0.15) is 74.9 Å². The summed E-state index contributed by atoms with van der Waals surface area (Å²) in [5.74, 6) is 3.56. The van der Waals surface area contributed by atoms with E-state index in [0.717, 1.165) is 72.4 Å². The van der Waals surface area contributed by atoms with Gasteiger partial charge in [0.05, 0.1) is 50.0 Å². The van der Waals surface area contributed by atoms with Crippen molar-refractivity contribution in [1.82, 2.24) is 43.6 Å². The number of benzene rings is 17. The topological polar surface area (TPSA) is 92.1 Å². The summed E-state index contributed by atoms with van der Waals surface area (Å²) in [7, 11) is 0. The molecule has 9 heterocycles. The maximum absolute atomic E-state index is 5.26. The van der Waals surface area contributed by atoms with Gasteiger partial charge in [0.1, 0.15) is 5.82 Å². The van der Waals surface area contributed by atoms with E-state index >= 15 is 0 Å². The molecule has 0 aliphatic heterocycles. The molecule has 3 aliphatic rings. The lowest BCUT2D eigenvalue weighted by atomic mass is 9.81. The highest BCUT2D eigenvalue weighted by Gasteiger charge is 2.44. The summed E-state index contributed by atoms with van der Waals surface area (Å²) in [5, 5.41) is 16.6. The van der Waals surface area contributed by atoms with Crippen molar-refractivity contribution in [3.8, 4) is 96.4 Å². The molecule has 9 nitrogen and oxygen atoms in total. The summed E-state index contributed by atoms with van der Waals surface area (Å²) in [5.41, 5.74) is 29.6. The van der Waals surface area contributed by atoms with Gasteiger partial charge in [0.15, 0.2) is 11.6 Å². The highest BCUT2D eigenvalue weighted by Crippen LogP contribution is 2.60. The first-order chi connectivity index (χ1) is 65.2. The molecule has 29 rings (SSSR count). The van der Waals surface area contributed by atoms with Crippen LogP contribution in [0.4, 0.5) is 0 Å². The van der Waals surface area contributed by atoms with Crippen LogP contribution in [-0.2, 0) is 16.2 Å². The first kappa shape index (κ1) is 77.3. The zero-order valence-electron chi connectivity index (χ0n) is 73.6. The van der Waals surface area contributed by atoms with Crippen LogP contribution >= 0.6 is 34.0 Å². The molecular formula is C121H81N9S3. The van der Waals surface area contributed by atoms with Crippen molar-refractivity contribution in [3.05, 3.63) is 416 Å². The van der Waals surface area contributed by atoms with E-state index in [2.05, 4.69) is 389 Å². The van der Waals surface area contributed by atoms with Crippen LogP contribution in [0.25, 0.3) is 233 Å². The zero-order chi connectivity index (χ0) is 88.4. The van der Waals surface area contributed by atoms with Crippen LogP contribution in [0, 0.1) is 0 Å². The van der Waals surface area contributed by atoms with Crippen molar-refractivity contribution in [2.24, 2.45) is 0 Å². The highest BCUT2D eigenvalue weighted by molar-refractivity contribution is 7.27. The number of nitrogens with zero attached hydrogens (tertiary/aromatic N) is 9. The molecule has 0 saturated carbocycles. The first-order valence-corrected chi connectivity index (χ1v) is 48.0. The monoisotopic (exact) mass is 1760 g/mol. The molecular weight excluding hydrogens is 1680 g/mol. The third-order valence-corrected chi connectivity index (χ3v) is 32.2. The fourth-order valence-electron chi connectivity index (χ4n) is 22.5. The molecule has 0 N–H and O–H groups in total. The summed E-state index contributed by atoms with van der Waals surface area (Å²) in [4.78, 5) is 31.0. The lowest BCUT2D eigenvalue weighted by Gasteiger charge is -2.24. The van der Waals surface area contributed by atoms with Gasteiger partial charge in [0.2, 0.25) is 11.9 Å². The first-order valence-electron chi connectivity index (χ1n) is 45.5. The molecule has 9 aromatic heterocycles. The van der Waals surface area contributed by atoms with E-state index in [4.69, 9.17) is 29.9 Å². The van der Waals surface area contributed by atoms with Crippen molar-refractivity contribution in [2.75, 3.05) is 0 Å². The fraction of sp³-hybridized carbons (Fsp3) is 0.0744. The predicted molar refractivity (Wildman–Crippen MR) is 560 cm³/mol. The summed E-state index contributed by atoms with van der Waals surface area (Å²) in [6, 6.07) is 137. The van der Waals surface area contributed by atoms with Crippen LogP contribution in [-0.4, -0.2) is 43.6 Å². The van der Waals surface area contributed by atoms with Crippen molar-refractivity contribution >= 4 is 171 Å². The van der Waals surface area contributed by atoms with E-state index in [-0.39, 0.29) is 16.2 Å². The second-order valence-corrected chi connectivity index (χ2v) is 40.2. The lowest BCUT2D eigenvalue weighted by Crippen LogP contribution is -2.17. The number of thiophene rings is 3. The van der Waals surface area contributed by atoms with Gasteiger partial charge >= 0.3 is 0 Å². The van der Waals surface area contributed by atoms with Gasteiger partial charge in [-0.1, -0.05) is 339 Å². The van der Waals surface area contributed by atoms with Crippen LogP contribution in [0.2, 0.25) is 0 Å². The van der Waals surface area contributed by atoms with E-state index in [1.54, 1.807) is 0 Å². The van der Waals surface area contributed by atoms with Gasteiger partial charge in [0.25, 0.3) is 0 Å². The Balaban J connectivity index is 0.000000102. The second kappa shape index (κ2) is 29.2. The van der Waals surface area contributed by atoms with E-state index in [1.807, 2.05) is 82.5 Å². The number of rotatable bonds is 7. The number of pyridine rings is 1. The van der Waals surface area contributed by atoms with Crippen molar-refractivity contribution < 1.29 is 0 Å². The molecule has 0 unspecified atom stereocenters. The summed E-state index contributed by atoms with van der Waals surface area (Å²) in [6.45, 7) is 14.4. The van der Waals surface area contributed by atoms with E-state index in [0.29, 0.717) is 23.5 Å². The SMILES string of the molecule is CC1(C)c2c(ccc3c2sc2ccccc23)-c2ccc3c4ccccc4n(-c4ccc5ccccc5n4)c3c21.CC1(C)c2cc3c4ccccc4n(-c4nc(-c5ccccc5)cc(-c5ccccc5)n4)c3cc2-c2ccc3c(sc4ccccc43)c21.CC1(C)c2cc3c4ccccc4n(-c4nc(-c5ccccc5)nc(-c5ccccc5)n4)c3cc2-c2ccc3c(sc4ccccc43)c21. The molecule has 3 aliphatic carbocycles. The Morgan fingerprint density at radius 3 is 1.04 bits per heavy atom. The molecule has 133 heavy (non-hydrogen) atoms. The van der Waals surface area contributed by atoms with Crippen LogP contribution in [0.5, 0.6) is 0 Å². The number of aromatic nitrogens is 9. The van der Waals surface area contributed by atoms with Crippen LogP contribution < -0.4 is 0 Å². The number of hydrogen-bond donors (Lipinski definition) is 0. The Labute approximate surface area is 778 Å². The average Bonchev–Trinajstić information content (AvgIpc) is 1.51. The molecule has 0 amide bonds. The maximum Gasteiger partial charge on any atom is 0.238 e. The van der Waals surface area contributed by atoms with Crippen molar-refractivity contribution in [1.29, 1.82) is 0 Å². The van der Waals surface area contributed by atoms with E-state index in [9.17, 15) is 0 Å². The van der Waals surface area contributed by atoms with Gasteiger partial charge in [0, 0.05) is 137 Å². The van der Waals surface area contributed by atoms with Crippen molar-refractivity contribution in [2.45, 2.75) is 57.8 Å². The lowest BCUT2D eigenvalue weighted by molar-refractivity contribution is 0.668. The van der Waals surface area contributed by atoms with Gasteiger partial charge in [-0.2, -0.15) is 9.97 Å². The largest absolute Gasteiger partial charge is 0.293 e. The molecule has 0 spiro atoms. The van der Waals surface area contributed by atoms with Gasteiger partial charge in [-0.15, -0.1) is 34.0 Å². The predicted octanol–water partition coefficient (Wildman–Crippen LogP) is 32.6. The van der Waals surface area contributed by atoms with E-state index in [1.165, 1.54) is 171 Å². The molecule has 0 radical (unpaired) electrons. The van der Waals surface area contributed by atoms with Gasteiger partial charge < -0.3 is 0 Å². The average molecular weight is 1760 g/mol. The highest BCUT2D eigenvalue weighted by atomic mass is 32.1. The second-order valence-electron chi connectivity index (χ2n) is 37.1. The minimum atomic E-state index is -0.173. The zero-order valence-corrected chi connectivity index (χ0v) is 76.1. The molecule has 17 aromatic carbocycles. The molecule has 0 fully saturated rings.